The predicted octanol–water partition coefficient (Wildman–Crippen LogP) is 4.75. The van der Waals surface area contributed by atoms with Crippen LogP contribution in [0.5, 0.6) is 0 Å². The molecule has 0 spiro atoms. The van der Waals surface area contributed by atoms with Crippen molar-refractivity contribution in [2.75, 3.05) is 11.2 Å². The molecule has 1 aliphatic heterocycles. The van der Waals surface area contributed by atoms with E-state index in [2.05, 4.69) is 5.32 Å². The molecule has 3 rings (SSSR count). The van der Waals surface area contributed by atoms with Crippen LogP contribution in [0.4, 0.5) is 23.7 Å². The lowest BCUT2D eigenvalue weighted by atomic mass is 9.85. The van der Waals surface area contributed by atoms with Gasteiger partial charge in [0.05, 0.1) is 17.1 Å². The van der Waals surface area contributed by atoms with Crippen LogP contribution in [-0.4, -0.2) is 12.0 Å². The third-order valence-corrected chi connectivity index (χ3v) is 4.09. The first-order valence-corrected chi connectivity index (χ1v) is 7.23. The summed E-state index contributed by atoms with van der Waals surface area (Å²) in [5.74, 6) is -0.210. The number of anilines is 1. The second-order valence-corrected chi connectivity index (χ2v) is 5.37. The molecule has 0 fully saturated rings. The van der Waals surface area contributed by atoms with Crippen molar-refractivity contribution in [3.8, 4) is 0 Å². The van der Waals surface area contributed by atoms with E-state index in [4.69, 9.17) is 16.3 Å². The average molecular weight is 342 g/mol. The molecule has 23 heavy (non-hydrogen) atoms. The summed E-state index contributed by atoms with van der Waals surface area (Å²) in [6, 6.07) is 11.4. The Bertz CT molecular complexity index is 763. The van der Waals surface area contributed by atoms with Gasteiger partial charge in [-0.2, -0.15) is 13.2 Å². The summed E-state index contributed by atoms with van der Waals surface area (Å²) in [6.45, 7) is 0. The van der Waals surface area contributed by atoms with E-state index in [0.717, 1.165) is 12.1 Å². The summed E-state index contributed by atoms with van der Waals surface area (Å²) in [6.07, 6.45) is -5.26. The topological polar surface area (TPSA) is 38.3 Å². The molecule has 1 N–H and O–H groups in total. The Morgan fingerprint density at radius 1 is 1.13 bits per heavy atom. The minimum atomic E-state index is -4.50. The number of para-hydroxylation sites is 1. The highest BCUT2D eigenvalue weighted by Gasteiger charge is 2.44. The second-order valence-electron chi connectivity index (χ2n) is 5.10. The minimum absolute atomic E-state index is 0.171. The SMILES string of the molecule is O=C1Nc2ccccc2[C@](CCl)(c2cccc(C(F)(F)F)c2)O1. The molecule has 0 radical (unpaired) electrons. The van der Waals surface area contributed by atoms with E-state index < -0.39 is 23.4 Å². The van der Waals surface area contributed by atoms with E-state index in [1.165, 1.54) is 12.1 Å². The number of alkyl halides is 4. The molecular weight excluding hydrogens is 331 g/mol. The third kappa shape index (κ3) is 2.63. The Labute approximate surface area is 135 Å². The average Bonchev–Trinajstić information content (AvgIpc) is 2.53. The summed E-state index contributed by atoms with van der Waals surface area (Å²) in [5, 5.41) is 2.52. The molecule has 120 valence electrons. The molecule has 0 saturated heterocycles. The fraction of sp³-hybridized carbons (Fsp3) is 0.188. The number of nitrogens with one attached hydrogen (secondary N) is 1. The minimum Gasteiger partial charge on any atom is -0.431 e. The van der Waals surface area contributed by atoms with Gasteiger partial charge in [0.25, 0.3) is 0 Å². The van der Waals surface area contributed by atoms with Gasteiger partial charge in [-0.1, -0.05) is 30.3 Å². The van der Waals surface area contributed by atoms with E-state index >= 15 is 0 Å². The van der Waals surface area contributed by atoms with E-state index in [1.807, 2.05) is 0 Å². The van der Waals surface area contributed by atoms with Gasteiger partial charge in [-0.15, -0.1) is 11.6 Å². The quantitative estimate of drug-likeness (QED) is 0.800. The predicted molar refractivity (Wildman–Crippen MR) is 79.5 cm³/mol. The van der Waals surface area contributed by atoms with Crippen LogP contribution >= 0.6 is 11.6 Å². The third-order valence-electron chi connectivity index (χ3n) is 3.71. The number of fused-ring (bicyclic) bond motifs is 1. The van der Waals surface area contributed by atoms with Crippen LogP contribution < -0.4 is 5.32 Å². The number of rotatable bonds is 2. The van der Waals surface area contributed by atoms with Gasteiger partial charge in [0.15, 0.2) is 5.60 Å². The van der Waals surface area contributed by atoms with Crippen molar-refractivity contribution >= 4 is 23.4 Å². The van der Waals surface area contributed by atoms with Crippen LogP contribution in [-0.2, 0) is 16.5 Å². The highest BCUT2D eigenvalue weighted by molar-refractivity contribution is 6.19. The van der Waals surface area contributed by atoms with Crippen molar-refractivity contribution in [3.63, 3.8) is 0 Å². The van der Waals surface area contributed by atoms with Crippen LogP contribution in [0.2, 0.25) is 0 Å². The Balaban J connectivity index is 2.21. The Morgan fingerprint density at radius 2 is 1.87 bits per heavy atom. The first-order valence-electron chi connectivity index (χ1n) is 6.70. The number of ether oxygens (including phenoxy) is 1. The van der Waals surface area contributed by atoms with Crippen molar-refractivity contribution < 1.29 is 22.7 Å². The molecule has 1 amide bonds. The van der Waals surface area contributed by atoms with E-state index in [0.29, 0.717) is 11.3 Å². The largest absolute Gasteiger partial charge is 0.431 e. The molecule has 1 heterocycles. The molecule has 1 aliphatic rings. The normalized spacial score (nSPS) is 20.4. The number of carbonyl (C=O) groups excluding carboxylic acids is 1. The smallest absolute Gasteiger partial charge is 0.416 e. The number of cyclic esters (lactones) is 1. The molecule has 0 aliphatic carbocycles. The lowest BCUT2D eigenvalue weighted by Gasteiger charge is -2.37. The summed E-state index contributed by atoms with van der Waals surface area (Å²) in [5.41, 5.74) is -1.16. The van der Waals surface area contributed by atoms with Crippen LogP contribution in [0.15, 0.2) is 48.5 Å². The summed E-state index contributed by atoms with van der Waals surface area (Å²) in [4.78, 5) is 11.8. The van der Waals surface area contributed by atoms with Crippen LogP contribution in [0.1, 0.15) is 16.7 Å². The molecule has 7 heteroatoms. The van der Waals surface area contributed by atoms with Crippen molar-refractivity contribution in [3.05, 3.63) is 65.2 Å². The molecule has 2 aromatic rings. The highest BCUT2D eigenvalue weighted by atomic mass is 35.5. The molecule has 0 bridgehead atoms. The van der Waals surface area contributed by atoms with E-state index in [1.54, 1.807) is 24.3 Å². The van der Waals surface area contributed by atoms with Crippen molar-refractivity contribution in [1.82, 2.24) is 0 Å². The molecular formula is C16H11ClF3NO2. The lowest BCUT2D eigenvalue weighted by Crippen LogP contribution is -2.42. The van der Waals surface area contributed by atoms with Gasteiger partial charge in [-0.3, -0.25) is 5.32 Å². The van der Waals surface area contributed by atoms with E-state index in [9.17, 15) is 18.0 Å². The fourth-order valence-electron chi connectivity index (χ4n) is 2.63. The molecule has 0 unspecified atom stereocenters. The first-order chi connectivity index (χ1) is 10.9. The summed E-state index contributed by atoms with van der Waals surface area (Å²) >= 11 is 6.05. The number of carbonyl (C=O) groups is 1. The Hall–Kier alpha value is -2.21. The van der Waals surface area contributed by atoms with Crippen LogP contribution in [0.25, 0.3) is 0 Å². The van der Waals surface area contributed by atoms with Crippen LogP contribution in [0, 0.1) is 0 Å². The number of hydrogen-bond donors (Lipinski definition) is 1. The van der Waals surface area contributed by atoms with Gasteiger partial charge in [-0.25, -0.2) is 4.79 Å². The summed E-state index contributed by atoms with van der Waals surface area (Å²) in [7, 11) is 0. The zero-order valence-corrected chi connectivity index (χ0v) is 12.4. The fourth-order valence-corrected chi connectivity index (χ4v) is 2.98. The monoisotopic (exact) mass is 341 g/mol. The maximum atomic E-state index is 13.0. The molecule has 3 nitrogen and oxygen atoms in total. The number of hydrogen-bond acceptors (Lipinski definition) is 2. The van der Waals surface area contributed by atoms with Gasteiger partial charge in [0.1, 0.15) is 0 Å². The number of benzene rings is 2. The zero-order valence-electron chi connectivity index (χ0n) is 11.7. The zero-order chi connectivity index (χ0) is 16.7. The van der Waals surface area contributed by atoms with Gasteiger partial charge in [0, 0.05) is 11.1 Å². The van der Waals surface area contributed by atoms with Gasteiger partial charge >= 0.3 is 12.3 Å². The Kier molecular flexibility index (Phi) is 3.72. The maximum absolute atomic E-state index is 13.0. The van der Waals surface area contributed by atoms with Crippen LogP contribution in [0.3, 0.4) is 0 Å². The maximum Gasteiger partial charge on any atom is 0.416 e. The number of amides is 1. The van der Waals surface area contributed by atoms with Crippen molar-refractivity contribution in [2.45, 2.75) is 11.8 Å². The van der Waals surface area contributed by atoms with E-state index in [-0.39, 0.29) is 11.4 Å². The Morgan fingerprint density at radius 3 is 2.57 bits per heavy atom. The second kappa shape index (κ2) is 5.45. The van der Waals surface area contributed by atoms with Gasteiger partial charge in [-0.05, 0) is 18.2 Å². The molecule has 1 atom stereocenters. The summed E-state index contributed by atoms with van der Waals surface area (Å²) < 4.78 is 44.3. The van der Waals surface area contributed by atoms with Crippen molar-refractivity contribution in [1.29, 1.82) is 0 Å². The van der Waals surface area contributed by atoms with Gasteiger partial charge < -0.3 is 4.74 Å². The van der Waals surface area contributed by atoms with Crippen molar-refractivity contribution in [2.24, 2.45) is 0 Å². The standard InChI is InChI=1S/C16H11ClF3NO2/c17-9-15(10-4-3-5-11(8-10)16(18,19)20)12-6-1-2-7-13(12)21-14(22)23-15/h1-8H,9H2,(H,21,22)/t15-/m0/s1. The molecule has 2 aromatic carbocycles. The molecule has 0 aromatic heterocycles. The number of halogens is 4. The first kappa shape index (κ1) is 15.7. The lowest BCUT2D eigenvalue weighted by molar-refractivity contribution is -0.137. The van der Waals surface area contributed by atoms with Gasteiger partial charge in [0.2, 0.25) is 0 Å². The molecule has 0 saturated carbocycles. The highest BCUT2D eigenvalue weighted by Crippen LogP contribution is 2.43.